The molecule has 5 rings (SSSR count). The number of para-hydroxylation sites is 1. The number of carbonyl (C=O) groups excluding carboxylic acids is 3. The summed E-state index contributed by atoms with van der Waals surface area (Å²) in [5, 5.41) is 19.7. The van der Waals surface area contributed by atoms with Crippen LogP contribution in [0, 0.1) is 28.9 Å². The standard InChI is InChI=1S/C23H19N5O5/c1-13-12-15(28(32)33)9-10-16(13)26-22(30)18-17-8-5-11-24-27(17)20(19(18)23(26)31)21(29)25-14-6-3-2-4-7-14/h2-12,17-20H,1H3,(H,25,29)/t17-,18+,19-,20+/m1/s1. The van der Waals surface area contributed by atoms with Crippen LogP contribution in [0.1, 0.15) is 5.56 Å². The van der Waals surface area contributed by atoms with Gasteiger partial charge in [0.2, 0.25) is 17.7 Å². The summed E-state index contributed by atoms with van der Waals surface area (Å²) < 4.78 is 0. The number of hydrazone groups is 1. The van der Waals surface area contributed by atoms with Crippen molar-refractivity contribution in [2.45, 2.75) is 19.0 Å². The molecule has 3 aliphatic heterocycles. The Morgan fingerprint density at radius 2 is 1.82 bits per heavy atom. The minimum atomic E-state index is -0.985. The molecule has 0 aromatic heterocycles. The van der Waals surface area contributed by atoms with Crippen molar-refractivity contribution in [2.24, 2.45) is 16.9 Å². The van der Waals surface area contributed by atoms with Gasteiger partial charge in [0.05, 0.1) is 28.5 Å². The molecule has 2 fully saturated rings. The van der Waals surface area contributed by atoms with Crippen molar-refractivity contribution in [1.29, 1.82) is 0 Å². The van der Waals surface area contributed by atoms with Crippen LogP contribution >= 0.6 is 0 Å². The first kappa shape index (κ1) is 20.6. The van der Waals surface area contributed by atoms with Crippen molar-refractivity contribution in [1.82, 2.24) is 5.01 Å². The molecule has 0 radical (unpaired) electrons. The fourth-order valence-corrected chi connectivity index (χ4v) is 4.82. The average molecular weight is 445 g/mol. The maximum absolute atomic E-state index is 13.6. The molecule has 1 N–H and O–H groups in total. The highest BCUT2D eigenvalue weighted by atomic mass is 16.6. The lowest BCUT2D eigenvalue weighted by Gasteiger charge is -2.30. The molecule has 0 unspecified atom stereocenters. The smallest absolute Gasteiger partial charge is 0.269 e. The Morgan fingerprint density at radius 1 is 1.09 bits per heavy atom. The van der Waals surface area contributed by atoms with Crippen LogP contribution in [-0.2, 0) is 14.4 Å². The Bertz CT molecular complexity index is 1240. The lowest BCUT2D eigenvalue weighted by molar-refractivity contribution is -0.384. The molecule has 0 bridgehead atoms. The number of nitrogens with one attached hydrogen (secondary N) is 1. The summed E-state index contributed by atoms with van der Waals surface area (Å²) in [6.45, 7) is 1.60. The molecular weight excluding hydrogens is 426 g/mol. The number of amides is 3. The van der Waals surface area contributed by atoms with Crippen LogP contribution in [0.4, 0.5) is 17.1 Å². The second-order valence-corrected chi connectivity index (χ2v) is 8.11. The van der Waals surface area contributed by atoms with Crippen molar-refractivity contribution >= 4 is 41.0 Å². The molecular formula is C23H19N5O5. The van der Waals surface area contributed by atoms with Crippen molar-refractivity contribution in [3.05, 3.63) is 76.4 Å². The van der Waals surface area contributed by atoms with E-state index >= 15 is 0 Å². The number of nitro benzene ring substituents is 1. The number of nitrogens with zero attached hydrogens (tertiary/aromatic N) is 4. The largest absolute Gasteiger partial charge is 0.324 e. The fraction of sp³-hybridized carbons (Fsp3) is 0.217. The molecule has 33 heavy (non-hydrogen) atoms. The van der Waals surface area contributed by atoms with E-state index in [1.807, 2.05) is 6.07 Å². The third-order valence-electron chi connectivity index (χ3n) is 6.23. The number of rotatable bonds is 4. The summed E-state index contributed by atoms with van der Waals surface area (Å²) in [6, 6.07) is 11.3. The van der Waals surface area contributed by atoms with Crippen molar-refractivity contribution < 1.29 is 19.3 Å². The number of allylic oxidation sites excluding steroid dienone is 1. The van der Waals surface area contributed by atoms with Crippen LogP contribution in [0.3, 0.4) is 0 Å². The van der Waals surface area contributed by atoms with Crippen LogP contribution in [0.25, 0.3) is 0 Å². The van der Waals surface area contributed by atoms with E-state index in [1.165, 1.54) is 29.4 Å². The van der Waals surface area contributed by atoms with Gasteiger partial charge in [0, 0.05) is 24.0 Å². The second kappa shape index (κ2) is 7.66. The zero-order chi connectivity index (χ0) is 23.3. The van der Waals surface area contributed by atoms with Crippen LogP contribution in [0.5, 0.6) is 0 Å². The van der Waals surface area contributed by atoms with Crippen LogP contribution in [-0.4, -0.2) is 46.0 Å². The number of hydrogen-bond donors (Lipinski definition) is 1. The third-order valence-corrected chi connectivity index (χ3v) is 6.23. The molecule has 0 saturated carbocycles. The highest BCUT2D eigenvalue weighted by Crippen LogP contribution is 2.46. The normalized spacial score (nSPS) is 25.2. The summed E-state index contributed by atoms with van der Waals surface area (Å²) >= 11 is 0. The van der Waals surface area contributed by atoms with E-state index in [1.54, 1.807) is 43.3 Å². The van der Waals surface area contributed by atoms with Crippen LogP contribution in [0.15, 0.2) is 65.8 Å². The van der Waals surface area contributed by atoms with Gasteiger partial charge in [-0.25, -0.2) is 4.90 Å². The minimum Gasteiger partial charge on any atom is -0.324 e. The minimum absolute atomic E-state index is 0.133. The average Bonchev–Trinajstić information content (AvgIpc) is 3.27. The van der Waals surface area contributed by atoms with Gasteiger partial charge in [-0.3, -0.25) is 29.5 Å². The molecule has 3 aliphatic rings. The summed E-state index contributed by atoms with van der Waals surface area (Å²) in [5.74, 6) is -3.15. The van der Waals surface area contributed by atoms with Gasteiger partial charge >= 0.3 is 0 Å². The topological polar surface area (TPSA) is 125 Å². The van der Waals surface area contributed by atoms with Gasteiger partial charge in [0.1, 0.15) is 6.04 Å². The number of imide groups is 1. The van der Waals surface area contributed by atoms with Gasteiger partial charge in [-0.2, -0.15) is 5.10 Å². The first-order valence-corrected chi connectivity index (χ1v) is 10.4. The monoisotopic (exact) mass is 445 g/mol. The summed E-state index contributed by atoms with van der Waals surface area (Å²) in [4.78, 5) is 51.9. The number of aryl methyl sites for hydroxylation is 1. The maximum Gasteiger partial charge on any atom is 0.269 e. The first-order chi connectivity index (χ1) is 15.9. The Kier molecular flexibility index (Phi) is 4.77. The lowest BCUT2D eigenvalue weighted by Crippen LogP contribution is -2.47. The summed E-state index contributed by atoms with van der Waals surface area (Å²) in [5.41, 5.74) is 1.14. The number of anilines is 2. The molecule has 10 nitrogen and oxygen atoms in total. The molecule has 0 aliphatic carbocycles. The second-order valence-electron chi connectivity index (χ2n) is 8.11. The maximum atomic E-state index is 13.6. The van der Waals surface area contributed by atoms with E-state index in [2.05, 4.69) is 10.4 Å². The molecule has 4 atom stereocenters. The lowest BCUT2D eigenvalue weighted by atomic mass is 9.88. The highest BCUT2D eigenvalue weighted by Gasteiger charge is 2.64. The molecule has 166 valence electrons. The van der Waals surface area contributed by atoms with Gasteiger partial charge in [0.25, 0.3) is 5.69 Å². The number of carbonyl (C=O) groups is 3. The number of nitro groups is 1. The van der Waals surface area contributed by atoms with Crippen molar-refractivity contribution in [2.75, 3.05) is 10.2 Å². The molecule has 2 aromatic rings. The fourth-order valence-electron chi connectivity index (χ4n) is 4.82. The van der Waals surface area contributed by atoms with E-state index in [4.69, 9.17) is 0 Å². The van der Waals surface area contributed by atoms with Crippen molar-refractivity contribution in [3.63, 3.8) is 0 Å². The van der Waals surface area contributed by atoms with Gasteiger partial charge < -0.3 is 5.32 Å². The summed E-state index contributed by atoms with van der Waals surface area (Å²) in [7, 11) is 0. The quantitative estimate of drug-likeness (QED) is 0.437. The van der Waals surface area contributed by atoms with E-state index in [9.17, 15) is 24.5 Å². The number of hydrogen-bond acceptors (Lipinski definition) is 7. The Balaban J connectivity index is 1.52. The van der Waals surface area contributed by atoms with E-state index in [0.29, 0.717) is 11.3 Å². The summed E-state index contributed by atoms with van der Waals surface area (Å²) in [6.07, 6.45) is 4.97. The van der Waals surface area contributed by atoms with Crippen LogP contribution in [0.2, 0.25) is 0 Å². The predicted molar refractivity (Wildman–Crippen MR) is 119 cm³/mol. The Hall–Kier alpha value is -4.34. The van der Waals surface area contributed by atoms with E-state index in [-0.39, 0.29) is 11.4 Å². The Morgan fingerprint density at radius 3 is 2.52 bits per heavy atom. The number of benzene rings is 2. The SMILES string of the molecule is Cc1cc([N+](=O)[O-])ccc1N1C(=O)[C@@H]2[C@@H](C1=O)[C@@H](C(=O)Nc1ccccc1)N1N=CC=C[C@H]21. The molecule has 10 heteroatoms. The molecule has 2 saturated heterocycles. The van der Waals surface area contributed by atoms with E-state index < -0.39 is 46.6 Å². The molecule has 0 spiro atoms. The molecule has 2 aromatic carbocycles. The third kappa shape index (κ3) is 3.18. The zero-order valence-corrected chi connectivity index (χ0v) is 17.5. The highest BCUT2D eigenvalue weighted by molar-refractivity contribution is 6.24. The van der Waals surface area contributed by atoms with Gasteiger partial charge in [-0.15, -0.1) is 0 Å². The van der Waals surface area contributed by atoms with E-state index in [0.717, 1.165) is 4.90 Å². The first-order valence-electron chi connectivity index (χ1n) is 10.4. The van der Waals surface area contributed by atoms with Crippen molar-refractivity contribution in [3.8, 4) is 0 Å². The van der Waals surface area contributed by atoms with Gasteiger partial charge in [-0.1, -0.05) is 24.3 Å². The zero-order valence-electron chi connectivity index (χ0n) is 17.5. The van der Waals surface area contributed by atoms with Gasteiger partial charge in [-0.05, 0) is 36.8 Å². The number of non-ortho nitro benzene ring substituents is 1. The Labute approximate surface area is 188 Å². The van der Waals surface area contributed by atoms with Gasteiger partial charge in [0.15, 0.2) is 0 Å². The number of fused-ring (bicyclic) bond motifs is 3. The molecule has 3 amide bonds. The predicted octanol–water partition coefficient (Wildman–Crippen LogP) is 2.26. The molecule has 3 heterocycles. The van der Waals surface area contributed by atoms with Crippen LogP contribution < -0.4 is 10.2 Å².